The molecule has 0 bridgehead atoms. The summed E-state index contributed by atoms with van der Waals surface area (Å²) < 4.78 is 84.9. The first-order valence-electron chi connectivity index (χ1n) is 15.2. The Morgan fingerprint density at radius 1 is 0.783 bits per heavy atom. The third-order valence-electron chi connectivity index (χ3n) is 9.09. The molecule has 0 nitrogen and oxygen atoms in total. The fraction of sp³-hybridized carbons (Fsp3) is 0.278. The Morgan fingerprint density at radius 2 is 1.41 bits per heavy atom. The van der Waals surface area contributed by atoms with Crippen LogP contribution < -0.4 is 13.6 Å². The molecule has 4 aromatic carbocycles. The van der Waals surface area contributed by atoms with Gasteiger partial charge in [-0.2, -0.15) is 0 Å². The predicted octanol–water partition coefficient (Wildman–Crippen LogP) is 9.81. The molecule has 0 aromatic heterocycles. The molecule has 0 amide bonds. The molecule has 1 heterocycles. The molecule has 46 heavy (non-hydrogen) atoms. The molecule has 0 saturated carbocycles. The zero-order chi connectivity index (χ0) is 33.4. The molecule has 1 atom stereocenters. The van der Waals surface area contributed by atoms with Gasteiger partial charge in [-0.3, -0.25) is 0 Å². The monoisotopic (exact) mass is 766 g/mol. The average molecular weight is 769 g/mol. The molecule has 0 spiro atoms. The molecule has 6 rings (SSSR count). The predicted molar refractivity (Wildman–Crippen MR) is 177 cm³/mol. The van der Waals surface area contributed by atoms with Crippen LogP contribution in [0.25, 0.3) is 28.3 Å². The van der Waals surface area contributed by atoms with Crippen LogP contribution in [0.5, 0.6) is 0 Å². The summed E-state index contributed by atoms with van der Waals surface area (Å²) in [6.45, 7) is 7.75. The van der Waals surface area contributed by atoms with E-state index in [4.69, 9.17) is 17.0 Å². The van der Waals surface area contributed by atoms with Gasteiger partial charge in [-0.05, 0) is 0 Å². The van der Waals surface area contributed by atoms with Crippen LogP contribution in [0.4, 0.5) is 26.3 Å². The number of fused-ring (bicyclic) bond motifs is 4. The quantitative estimate of drug-likeness (QED) is 0.124. The first-order chi connectivity index (χ1) is 21.4. The van der Waals surface area contributed by atoms with E-state index in [1.165, 1.54) is 15.9 Å². The molecule has 0 radical (unpaired) electrons. The van der Waals surface area contributed by atoms with Crippen molar-refractivity contribution in [1.29, 1.82) is 0 Å². The van der Waals surface area contributed by atoms with Gasteiger partial charge in [0.1, 0.15) is 0 Å². The van der Waals surface area contributed by atoms with Crippen LogP contribution in [0.3, 0.4) is 0 Å². The Balaban J connectivity index is 1.60. The zero-order valence-corrected chi connectivity index (χ0v) is 31.1. The second-order valence-corrected chi connectivity index (χ2v) is 29.1. The van der Waals surface area contributed by atoms with E-state index < -0.39 is 56.3 Å². The summed E-state index contributed by atoms with van der Waals surface area (Å²) in [4.78, 5) is 0. The second kappa shape index (κ2) is 11.8. The molecule has 10 heteroatoms. The first kappa shape index (κ1) is 33.8. The zero-order valence-electron chi connectivity index (χ0n) is 25.7. The van der Waals surface area contributed by atoms with Crippen LogP contribution in [0.1, 0.15) is 72.0 Å². The van der Waals surface area contributed by atoms with E-state index in [1.807, 2.05) is 70.2 Å². The number of halogens is 8. The molecule has 240 valence electrons. The van der Waals surface area contributed by atoms with Crippen molar-refractivity contribution in [2.24, 2.45) is 0 Å². The van der Waals surface area contributed by atoms with Crippen LogP contribution in [-0.2, 0) is 35.6 Å². The summed E-state index contributed by atoms with van der Waals surface area (Å²) >= 11 is -4.42. The molecule has 1 unspecified atom stereocenters. The van der Waals surface area contributed by atoms with Gasteiger partial charge in [0, 0.05) is 0 Å². The van der Waals surface area contributed by atoms with E-state index in [0.717, 1.165) is 38.5 Å². The van der Waals surface area contributed by atoms with Crippen LogP contribution in [0.15, 0.2) is 78.4 Å². The first-order valence-corrected chi connectivity index (χ1v) is 25.6. The van der Waals surface area contributed by atoms with Crippen molar-refractivity contribution in [2.75, 3.05) is 0 Å². The van der Waals surface area contributed by atoms with Crippen molar-refractivity contribution in [3.05, 3.63) is 106 Å². The van der Waals surface area contributed by atoms with Gasteiger partial charge in [0.2, 0.25) is 0 Å². The van der Waals surface area contributed by atoms with E-state index in [2.05, 4.69) is 18.2 Å². The van der Waals surface area contributed by atoms with Gasteiger partial charge in [-0.25, -0.2) is 0 Å². The summed E-state index contributed by atoms with van der Waals surface area (Å²) in [6, 6.07) is 20.1. The maximum atomic E-state index is 14.0. The fourth-order valence-corrected chi connectivity index (χ4v) is 24.0. The van der Waals surface area contributed by atoms with Crippen molar-refractivity contribution >= 4 is 46.3 Å². The van der Waals surface area contributed by atoms with Gasteiger partial charge in [0.15, 0.2) is 0 Å². The third kappa shape index (κ3) is 5.90. The Labute approximate surface area is 279 Å². The van der Waals surface area contributed by atoms with Gasteiger partial charge in [-0.15, -0.1) is 0 Å². The van der Waals surface area contributed by atoms with Crippen LogP contribution >= 0.6 is 17.0 Å². The molecule has 1 aliphatic carbocycles. The molecule has 4 aromatic rings. The van der Waals surface area contributed by atoms with Gasteiger partial charge >= 0.3 is 281 Å². The normalized spacial score (nSPS) is 16.8. The number of allylic oxidation sites excluding steroid dienone is 1. The van der Waals surface area contributed by atoms with Crippen molar-refractivity contribution < 1.29 is 44.2 Å². The number of rotatable bonds is 5. The molecule has 2 aliphatic rings. The van der Waals surface area contributed by atoms with Gasteiger partial charge < -0.3 is 0 Å². The number of hydrogen-bond acceptors (Lipinski definition) is 0. The molecule has 0 N–H and O–H groups in total. The Bertz CT molecular complexity index is 1850. The number of hydrogen-bond donors (Lipinski definition) is 0. The Hall–Kier alpha value is -2.12. The van der Waals surface area contributed by atoms with E-state index in [1.54, 1.807) is 0 Å². The van der Waals surface area contributed by atoms with Crippen LogP contribution in [-0.4, -0.2) is 9.52 Å². The van der Waals surface area contributed by atoms with Crippen LogP contribution in [0, 0.1) is 0 Å². The van der Waals surface area contributed by atoms with Crippen LogP contribution in [0.2, 0.25) is 0 Å². The SMILES string of the molecule is CCCC1=Cc2c(ccc(C(C)(C)C)c2-c2cc(C(F)(F)F)cc(C(F)(F)F)c2)[CH]1[Zr]([Cl])([Cl])[c]1cccc2c1[SiH2]c1ccccc1-2. The van der Waals surface area contributed by atoms with Crippen molar-refractivity contribution in [3.8, 4) is 22.3 Å². The van der Waals surface area contributed by atoms with Crippen molar-refractivity contribution in [3.63, 3.8) is 0 Å². The molecule has 0 saturated heterocycles. The second-order valence-electron chi connectivity index (χ2n) is 13.2. The van der Waals surface area contributed by atoms with Crippen molar-refractivity contribution in [1.82, 2.24) is 0 Å². The number of alkyl halides is 6. The summed E-state index contributed by atoms with van der Waals surface area (Å²) in [5.74, 6) is 0. The Morgan fingerprint density at radius 3 is 2.02 bits per heavy atom. The van der Waals surface area contributed by atoms with E-state index in [0.29, 0.717) is 23.1 Å². The van der Waals surface area contributed by atoms with Gasteiger partial charge in [-0.1, -0.05) is 0 Å². The minimum absolute atomic E-state index is 0.120. The summed E-state index contributed by atoms with van der Waals surface area (Å²) in [6.07, 6.45) is -6.54. The third-order valence-corrected chi connectivity index (χ3v) is 23.4. The van der Waals surface area contributed by atoms with E-state index >= 15 is 0 Å². The van der Waals surface area contributed by atoms with Gasteiger partial charge in [0.05, 0.1) is 0 Å². The van der Waals surface area contributed by atoms with Gasteiger partial charge in [0.25, 0.3) is 0 Å². The van der Waals surface area contributed by atoms with Crippen molar-refractivity contribution in [2.45, 2.75) is 61.9 Å². The molecular weight excluding hydrogens is 737 g/mol. The minimum atomic E-state index is -4.96. The maximum absolute atomic E-state index is 14.0. The van der Waals surface area contributed by atoms with E-state index in [9.17, 15) is 26.3 Å². The van der Waals surface area contributed by atoms with E-state index in [-0.39, 0.29) is 15.3 Å². The Kier molecular flexibility index (Phi) is 8.65. The summed E-state index contributed by atoms with van der Waals surface area (Å²) in [5, 5.41) is 2.58. The molecule has 0 fully saturated rings. The average Bonchev–Trinajstić information content (AvgIpc) is 3.53. The molecular formula is C36H32Cl2F6SiZr. The fourth-order valence-electron chi connectivity index (χ4n) is 7.10. The number of benzene rings is 4. The summed E-state index contributed by atoms with van der Waals surface area (Å²) in [5.41, 5.74) is 2.39. The summed E-state index contributed by atoms with van der Waals surface area (Å²) in [7, 11) is 14.6. The molecule has 1 aliphatic heterocycles. The standard InChI is InChI=1S/C24H23F6.C12H9Si.2ClH.Zr/c1-5-6-14-9-15-7-8-20(22(2,3)4)21(19(15)10-14)16-11-17(23(25,26)27)13-18(12-16)24(28,29)30;1-3-7-11-9(5-1)10-6-2-4-8-12(10)13-11;;;/h7-13H,5-6H2,1-4H3;1-7H,13H2;2*1H;/q;;;;+2/p-2. The topological polar surface area (TPSA) is 0 Å².